The summed E-state index contributed by atoms with van der Waals surface area (Å²) in [7, 11) is -3.80. The molecule has 5 unspecified atom stereocenters. The lowest BCUT2D eigenvalue weighted by molar-refractivity contribution is -0.131. The summed E-state index contributed by atoms with van der Waals surface area (Å²) < 4.78 is 43.3. The van der Waals surface area contributed by atoms with Gasteiger partial charge in [0.25, 0.3) is 0 Å². The minimum atomic E-state index is -3.80. The molecule has 3 aliphatic rings. The third kappa shape index (κ3) is 5.04. The van der Waals surface area contributed by atoms with E-state index in [1.807, 2.05) is 48.6 Å². The van der Waals surface area contributed by atoms with Crippen LogP contribution in [0.1, 0.15) is 23.1 Å². The van der Waals surface area contributed by atoms with E-state index in [9.17, 15) is 8.42 Å². The molecule has 2 bridgehead atoms. The van der Waals surface area contributed by atoms with Crippen molar-refractivity contribution in [3.05, 3.63) is 116 Å². The van der Waals surface area contributed by atoms with Crippen molar-refractivity contribution in [2.45, 2.75) is 55.1 Å². The Kier molecular flexibility index (Phi) is 7.53. The van der Waals surface area contributed by atoms with Crippen molar-refractivity contribution >= 4 is 56.4 Å². The predicted molar refractivity (Wildman–Crippen MR) is 155 cm³/mol. The van der Waals surface area contributed by atoms with Crippen LogP contribution in [0.5, 0.6) is 0 Å². The smallest absolute Gasteiger partial charge is 0.221 e. The molecule has 0 N–H and O–H groups in total. The molecule has 3 aromatic rings. The summed E-state index contributed by atoms with van der Waals surface area (Å²) in [6.45, 7) is 0.341. The molecule has 0 aliphatic carbocycles. The second-order valence-corrected chi connectivity index (χ2v) is 13.9. The highest BCUT2D eigenvalue weighted by Gasteiger charge is 2.67. The molecular weight excluding hydrogens is 600 g/mol. The van der Waals surface area contributed by atoms with Gasteiger partial charge < -0.3 is 9.47 Å². The van der Waals surface area contributed by atoms with Gasteiger partial charge in [-0.2, -0.15) is 4.31 Å². The third-order valence-corrected chi connectivity index (χ3v) is 11.6. The maximum atomic E-state index is 14.3. The van der Waals surface area contributed by atoms with E-state index in [0.717, 1.165) is 16.7 Å². The molecule has 3 aromatic carbocycles. The standard InChI is InChI=1S/C29H25Cl4NO4S/c30-22-8-6-19(12-24(22)32)16-34-26(14-18-4-2-1-3-5-18)28(37-17-20-7-9-23(31)25(33)13-20)29-11-10-21(38-29)15-27(29)39(34,35)36/h1-13,21,26-28H,14-17H2. The normalized spacial score (nSPS) is 29.0. The van der Waals surface area contributed by atoms with Crippen LogP contribution in [0, 0.1) is 0 Å². The molecule has 0 amide bonds. The average molecular weight is 625 g/mol. The molecule has 2 fully saturated rings. The van der Waals surface area contributed by atoms with E-state index in [4.69, 9.17) is 55.9 Å². The summed E-state index contributed by atoms with van der Waals surface area (Å²) in [4.78, 5) is 0. The summed E-state index contributed by atoms with van der Waals surface area (Å²) in [5.74, 6) is 0. The molecule has 2 saturated heterocycles. The Morgan fingerprint density at radius 3 is 2.21 bits per heavy atom. The topological polar surface area (TPSA) is 55.8 Å². The first kappa shape index (κ1) is 27.6. The molecule has 0 saturated carbocycles. The Morgan fingerprint density at radius 1 is 0.872 bits per heavy atom. The molecule has 204 valence electrons. The Labute approximate surface area is 248 Å². The van der Waals surface area contributed by atoms with Crippen molar-refractivity contribution in [3.8, 4) is 0 Å². The van der Waals surface area contributed by atoms with Crippen LogP contribution in [0.4, 0.5) is 0 Å². The van der Waals surface area contributed by atoms with Gasteiger partial charge in [-0.15, -0.1) is 0 Å². The fourth-order valence-corrected chi connectivity index (χ4v) is 8.98. The van der Waals surface area contributed by atoms with Crippen LogP contribution in [-0.4, -0.2) is 41.8 Å². The van der Waals surface area contributed by atoms with Crippen molar-refractivity contribution in [1.82, 2.24) is 4.31 Å². The zero-order valence-electron chi connectivity index (χ0n) is 20.6. The largest absolute Gasteiger partial charge is 0.368 e. The van der Waals surface area contributed by atoms with E-state index in [-0.39, 0.29) is 19.3 Å². The molecule has 39 heavy (non-hydrogen) atoms. The maximum Gasteiger partial charge on any atom is 0.221 e. The number of hydrogen-bond donors (Lipinski definition) is 0. The second kappa shape index (κ2) is 10.7. The number of ether oxygens (including phenoxy) is 2. The van der Waals surface area contributed by atoms with Gasteiger partial charge in [0.2, 0.25) is 10.0 Å². The van der Waals surface area contributed by atoms with E-state index in [0.29, 0.717) is 32.9 Å². The second-order valence-electron chi connectivity index (χ2n) is 10.2. The van der Waals surface area contributed by atoms with Gasteiger partial charge in [0.15, 0.2) is 0 Å². The van der Waals surface area contributed by atoms with Crippen LogP contribution in [-0.2, 0) is 39.1 Å². The van der Waals surface area contributed by atoms with Gasteiger partial charge in [0.1, 0.15) is 17.0 Å². The Morgan fingerprint density at radius 2 is 1.54 bits per heavy atom. The number of benzene rings is 3. The van der Waals surface area contributed by atoms with Crippen LogP contribution in [0.25, 0.3) is 0 Å². The molecule has 0 aromatic heterocycles. The molecule has 5 atom stereocenters. The van der Waals surface area contributed by atoms with E-state index in [2.05, 4.69) is 0 Å². The van der Waals surface area contributed by atoms with Gasteiger partial charge in [0.05, 0.1) is 38.8 Å². The summed E-state index contributed by atoms with van der Waals surface area (Å²) in [5, 5.41) is 0.904. The fourth-order valence-electron chi connectivity index (χ4n) is 5.95. The number of rotatable bonds is 7. The van der Waals surface area contributed by atoms with Gasteiger partial charge in [-0.3, -0.25) is 0 Å². The Bertz CT molecular complexity index is 1530. The molecule has 3 heterocycles. The Hall–Kier alpha value is -1.61. The SMILES string of the molecule is O=S1(=O)C2CC3C=CC2(O3)C(OCc2ccc(Cl)c(Cl)c2)C(Cc2ccccc2)N1Cc1ccc(Cl)c(Cl)c1. The Balaban J connectivity index is 1.43. The summed E-state index contributed by atoms with van der Waals surface area (Å²) in [6, 6.07) is 19.8. The quantitative estimate of drug-likeness (QED) is 0.263. The van der Waals surface area contributed by atoms with E-state index in [1.54, 1.807) is 34.6 Å². The van der Waals surface area contributed by atoms with Crippen molar-refractivity contribution in [1.29, 1.82) is 0 Å². The minimum Gasteiger partial charge on any atom is -0.368 e. The zero-order chi connectivity index (χ0) is 27.4. The van der Waals surface area contributed by atoms with Gasteiger partial charge >= 0.3 is 0 Å². The summed E-state index contributed by atoms with van der Waals surface area (Å²) in [5.41, 5.74) is 1.47. The van der Waals surface area contributed by atoms with Crippen molar-refractivity contribution in [2.75, 3.05) is 0 Å². The average Bonchev–Trinajstić information content (AvgIpc) is 3.51. The zero-order valence-corrected chi connectivity index (χ0v) is 24.5. The molecule has 6 rings (SSSR count). The van der Waals surface area contributed by atoms with Gasteiger partial charge in [-0.1, -0.05) is 101 Å². The number of fused-ring (bicyclic) bond motifs is 1. The number of nitrogens with zero attached hydrogens (tertiary/aromatic N) is 1. The van der Waals surface area contributed by atoms with Crippen molar-refractivity contribution < 1.29 is 17.9 Å². The highest BCUT2D eigenvalue weighted by atomic mass is 35.5. The monoisotopic (exact) mass is 623 g/mol. The number of halogens is 4. The first-order chi connectivity index (χ1) is 18.7. The van der Waals surface area contributed by atoms with E-state index in [1.165, 1.54) is 0 Å². The molecular formula is C29H25Cl4NO4S. The molecule has 5 nitrogen and oxygen atoms in total. The first-order valence-corrected chi connectivity index (χ1v) is 15.6. The molecule has 3 aliphatic heterocycles. The molecule has 1 spiro atoms. The lowest BCUT2D eigenvalue weighted by Gasteiger charge is -2.50. The molecule has 0 radical (unpaired) electrons. The van der Waals surface area contributed by atoms with E-state index >= 15 is 0 Å². The van der Waals surface area contributed by atoms with Gasteiger partial charge in [0, 0.05) is 6.54 Å². The summed E-state index contributed by atoms with van der Waals surface area (Å²) in [6.07, 6.45) is 3.80. The molecule has 10 heteroatoms. The number of sulfonamides is 1. The van der Waals surface area contributed by atoms with Crippen LogP contribution < -0.4 is 0 Å². The van der Waals surface area contributed by atoms with Crippen molar-refractivity contribution in [3.63, 3.8) is 0 Å². The lowest BCUT2D eigenvalue weighted by Crippen LogP contribution is -2.69. The van der Waals surface area contributed by atoms with Crippen LogP contribution in [0.15, 0.2) is 78.9 Å². The highest BCUT2D eigenvalue weighted by Crippen LogP contribution is 2.52. The summed E-state index contributed by atoms with van der Waals surface area (Å²) >= 11 is 24.8. The number of hydrogen-bond acceptors (Lipinski definition) is 4. The predicted octanol–water partition coefficient (Wildman–Crippen LogP) is 7.11. The maximum absolute atomic E-state index is 14.3. The van der Waals surface area contributed by atoms with Crippen LogP contribution in [0.3, 0.4) is 0 Å². The van der Waals surface area contributed by atoms with Gasteiger partial charge in [-0.05, 0) is 53.8 Å². The van der Waals surface area contributed by atoms with Crippen LogP contribution in [0.2, 0.25) is 20.1 Å². The highest BCUT2D eigenvalue weighted by molar-refractivity contribution is 7.89. The third-order valence-electron chi connectivity index (χ3n) is 7.75. The first-order valence-electron chi connectivity index (χ1n) is 12.6. The lowest BCUT2D eigenvalue weighted by atomic mass is 9.82. The van der Waals surface area contributed by atoms with Crippen molar-refractivity contribution in [2.24, 2.45) is 0 Å². The fraction of sp³-hybridized carbons (Fsp3) is 0.310. The van der Waals surface area contributed by atoms with E-state index < -0.39 is 33.0 Å². The van der Waals surface area contributed by atoms with Crippen LogP contribution >= 0.6 is 46.4 Å². The van der Waals surface area contributed by atoms with Gasteiger partial charge in [-0.25, -0.2) is 8.42 Å². The minimum absolute atomic E-state index is 0.129.